The lowest BCUT2D eigenvalue weighted by atomic mass is 10.1. The summed E-state index contributed by atoms with van der Waals surface area (Å²) in [4.78, 5) is 12.2. The van der Waals surface area contributed by atoms with Crippen molar-refractivity contribution < 1.29 is 4.79 Å². The summed E-state index contributed by atoms with van der Waals surface area (Å²) in [5.41, 5.74) is 6.19. The van der Waals surface area contributed by atoms with Crippen LogP contribution in [0.1, 0.15) is 24.0 Å². The molecule has 0 radical (unpaired) electrons. The van der Waals surface area contributed by atoms with Crippen molar-refractivity contribution in [2.24, 2.45) is 0 Å². The van der Waals surface area contributed by atoms with Crippen molar-refractivity contribution in [2.45, 2.75) is 25.3 Å². The standard InChI is InChI=1S/C18H18N2O.ClH/c21-18(17-6-3-9-19-17)20-14-7-8-16-13(11-14)10-12-4-1-2-5-15(12)16;/h1-2,4-5,7-8,11,17,19H,3,6,9-10H2,(H,20,21);1H/t17-;/m0./s1. The lowest BCUT2D eigenvalue weighted by Gasteiger charge is -2.12. The molecule has 2 aliphatic rings. The number of benzene rings is 2. The first kappa shape index (κ1) is 15.1. The Bertz CT molecular complexity index is 708. The fourth-order valence-electron chi connectivity index (χ4n) is 3.36. The van der Waals surface area contributed by atoms with Gasteiger partial charge in [-0.25, -0.2) is 0 Å². The molecule has 2 aromatic carbocycles. The smallest absolute Gasteiger partial charge is 0.241 e. The van der Waals surface area contributed by atoms with E-state index in [4.69, 9.17) is 0 Å². The van der Waals surface area contributed by atoms with Crippen LogP contribution in [0.2, 0.25) is 0 Å². The van der Waals surface area contributed by atoms with Gasteiger partial charge in [0.2, 0.25) is 5.91 Å². The first-order valence-corrected chi connectivity index (χ1v) is 7.57. The minimum Gasteiger partial charge on any atom is -0.325 e. The molecule has 1 amide bonds. The van der Waals surface area contributed by atoms with Gasteiger partial charge in [0.1, 0.15) is 0 Å². The van der Waals surface area contributed by atoms with E-state index in [1.54, 1.807) is 0 Å². The predicted molar refractivity (Wildman–Crippen MR) is 91.6 cm³/mol. The van der Waals surface area contributed by atoms with Crippen molar-refractivity contribution in [3.63, 3.8) is 0 Å². The summed E-state index contributed by atoms with van der Waals surface area (Å²) in [5.74, 6) is 0.0861. The van der Waals surface area contributed by atoms with E-state index in [0.717, 1.165) is 31.5 Å². The maximum absolute atomic E-state index is 12.2. The zero-order chi connectivity index (χ0) is 14.2. The van der Waals surface area contributed by atoms with E-state index in [0.29, 0.717) is 0 Å². The van der Waals surface area contributed by atoms with Gasteiger partial charge in [0, 0.05) is 5.69 Å². The third kappa shape index (κ3) is 2.62. The fourth-order valence-corrected chi connectivity index (χ4v) is 3.36. The van der Waals surface area contributed by atoms with E-state index < -0.39 is 0 Å². The number of carbonyl (C=O) groups excluding carboxylic acids is 1. The van der Waals surface area contributed by atoms with Crippen LogP contribution in [0.25, 0.3) is 11.1 Å². The van der Waals surface area contributed by atoms with Gasteiger partial charge in [-0.3, -0.25) is 4.79 Å². The van der Waals surface area contributed by atoms with Crippen molar-refractivity contribution in [1.82, 2.24) is 5.32 Å². The molecule has 0 aromatic heterocycles. The molecule has 1 heterocycles. The summed E-state index contributed by atoms with van der Waals surface area (Å²) < 4.78 is 0. The van der Waals surface area contributed by atoms with Crippen LogP contribution < -0.4 is 10.6 Å². The van der Waals surface area contributed by atoms with Crippen LogP contribution in [0.3, 0.4) is 0 Å². The molecule has 4 heteroatoms. The molecule has 3 nitrogen and oxygen atoms in total. The molecule has 2 aromatic rings. The van der Waals surface area contributed by atoms with E-state index in [1.165, 1.54) is 22.3 Å². The maximum atomic E-state index is 12.2. The summed E-state index contributed by atoms with van der Waals surface area (Å²) in [7, 11) is 0. The summed E-state index contributed by atoms with van der Waals surface area (Å²) >= 11 is 0. The van der Waals surface area contributed by atoms with E-state index in [-0.39, 0.29) is 24.4 Å². The molecule has 114 valence electrons. The molecule has 0 spiro atoms. The first-order chi connectivity index (χ1) is 10.3. The van der Waals surface area contributed by atoms with Crippen LogP contribution in [-0.4, -0.2) is 18.5 Å². The maximum Gasteiger partial charge on any atom is 0.241 e. The van der Waals surface area contributed by atoms with Crippen molar-refractivity contribution in [1.29, 1.82) is 0 Å². The normalized spacial score (nSPS) is 18.3. The van der Waals surface area contributed by atoms with Crippen molar-refractivity contribution in [3.05, 3.63) is 53.6 Å². The highest BCUT2D eigenvalue weighted by Crippen LogP contribution is 2.37. The van der Waals surface area contributed by atoms with Gasteiger partial charge in [0.15, 0.2) is 0 Å². The molecule has 1 saturated heterocycles. The molecule has 1 aliphatic carbocycles. The molecular formula is C18H19ClN2O. The molecule has 1 fully saturated rings. The number of fused-ring (bicyclic) bond motifs is 3. The van der Waals surface area contributed by atoms with Crippen molar-refractivity contribution >= 4 is 24.0 Å². The summed E-state index contributed by atoms with van der Waals surface area (Å²) in [6, 6.07) is 14.7. The van der Waals surface area contributed by atoms with Crippen LogP contribution in [0.5, 0.6) is 0 Å². The van der Waals surface area contributed by atoms with Crippen LogP contribution >= 0.6 is 12.4 Å². The Morgan fingerprint density at radius 1 is 1.09 bits per heavy atom. The number of hydrogen-bond donors (Lipinski definition) is 2. The molecule has 4 rings (SSSR count). The Balaban J connectivity index is 0.00000144. The van der Waals surface area contributed by atoms with Crippen molar-refractivity contribution in [2.75, 3.05) is 11.9 Å². The Morgan fingerprint density at radius 2 is 1.91 bits per heavy atom. The third-order valence-electron chi connectivity index (χ3n) is 4.44. The third-order valence-corrected chi connectivity index (χ3v) is 4.44. The van der Waals surface area contributed by atoms with Crippen molar-refractivity contribution in [3.8, 4) is 11.1 Å². The van der Waals surface area contributed by atoms with E-state index in [9.17, 15) is 4.79 Å². The number of anilines is 1. The Hall–Kier alpha value is -1.84. The van der Waals surface area contributed by atoms with Crippen LogP contribution in [0.15, 0.2) is 42.5 Å². The fraction of sp³-hybridized carbons (Fsp3) is 0.278. The Kier molecular flexibility index (Phi) is 4.19. The molecular weight excluding hydrogens is 296 g/mol. The highest BCUT2D eigenvalue weighted by Gasteiger charge is 2.23. The van der Waals surface area contributed by atoms with Gasteiger partial charge in [-0.2, -0.15) is 0 Å². The summed E-state index contributed by atoms with van der Waals surface area (Å²) in [6.07, 6.45) is 2.97. The van der Waals surface area contributed by atoms with E-state index in [2.05, 4.69) is 47.0 Å². The molecule has 2 N–H and O–H groups in total. The second-order valence-electron chi connectivity index (χ2n) is 5.84. The number of hydrogen-bond acceptors (Lipinski definition) is 2. The lowest BCUT2D eigenvalue weighted by Crippen LogP contribution is -2.35. The first-order valence-electron chi connectivity index (χ1n) is 7.57. The average Bonchev–Trinajstić information content (AvgIpc) is 3.14. The molecule has 0 bridgehead atoms. The summed E-state index contributed by atoms with van der Waals surface area (Å²) in [5, 5.41) is 6.27. The monoisotopic (exact) mass is 314 g/mol. The van der Waals surface area contributed by atoms with Crippen LogP contribution in [0, 0.1) is 0 Å². The van der Waals surface area contributed by atoms with Gasteiger partial charge in [-0.05, 0) is 60.2 Å². The molecule has 0 unspecified atom stereocenters. The zero-order valence-electron chi connectivity index (χ0n) is 12.3. The topological polar surface area (TPSA) is 41.1 Å². The minimum atomic E-state index is -0.0320. The highest BCUT2D eigenvalue weighted by atomic mass is 35.5. The van der Waals surface area contributed by atoms with E-state index >= 15 is 0 Å². The zero-order valence-corrected chi connectivity index (χ0v) is 13.1. The van der Waals surface area contributed by atoms with Gasteiger partial charge in [0.25, 0.3) is 0 Å². The number of halogens is 1. The van der Waals surface area contributed by atoms with Gasteiger partial charge in [0.05, 0.1) is 6.04 Å². The number of amides is 1. The molecule has 22 heavy (non-hydrogen) atoms. The SMILES string of the molecule is Cl.O=C(Nc1ccc2c(c1)Cc1ccccc1-2)[C@@H]1CCCN1. The highest BCUT2D eigenvalue weighted by molar-refractivity contribution is 5.95. The minimum absolute atomic E-state index is 0. The molecule has 1 aliphatic heterocycles. The average molecular weight is 315 g/mol. The second kappa shape index (κ2) is 6.11. The quantitative estimate of drug-likeness (QED) is 0.761. The largest absolute Gasteiger partial charge is 0.325 e. The van der Waals surface area contributed by atoms with Crippen LogP contribution in [0.4, 0.5) is 5.69 Å². The number of carbonyl (C=O) groups is 1. The van der Waals surface area contributed by atoms with Gasteiger partial charge >= 0.3 is 0 Å². The van der Waals surface area contributed by atoms with Gasteiger partial charge in [-0.1, -0.05) is 30.3 Å². The summed E-state index contributed by atoms with van der Waals surface area (Å²) in [6.45, 7) is 0.942. The lowest BCUT2D eigenvalue weighted by molar-refractivity contribution is -0.117. The predicted octanol–water partition coefficient (Wildman–Crippen LogP) is 3.37. The second-order valence-corrected chi connectivity index (χ2v) is 5.84. The van der Waals surface area contributed by atoms with Gasteiger partial charge in [-0.15, -0.1) is 12.4 Å². The molecule has 1 atom stereocenters. The van der Waals surface area contributed by atoms with Gasteiger partial charge < -0.3 is 10.6 Å². The van der Waals surface area contributed by atoms with E-state index in [1.807, 2.05) is 6.07 Å². The Morgan fingerprint density at radius 3 is 2.73 bits per heavy atom. The number of rotatable bonds is 2. The Labute approximate surface area is 136 Å². The number of nitrogens with one attached hydrogen (secondary N) is 2. The van der Waals surface area contributed by atoms with Crippen LogP contribution in [-0.2, 0) is 11.2 Å². The molecule has 0 saturated carbocycles.